The summed E-state index contributed by atoms with van der Waals surface area (Å²) in [6.07, 6.45) is 6.95. The largest absolute Gasteiger partial charge is 0.445 e. The topological polar surface area (TPSA) is 78.9 Å². The number of β-amino-alcohol motifs (C(OH)–C–C–N with tert-alkyl or cyclic N) is 1. The van der Waals surface area contributed by atoms with E-state index in [0.717, 1.165) is 31.2 Å². The van der Waals surface area contributed by atoms with Gasteiger partial charge in [-0.3, -0.25) is 9.69 Å². The van der Waals surface area contributed by atoms with Crippen LogP contribution in [-0.2, 0) is 16.1 Å². The van der Waals surface area contributed by atoms with Crippen LogP contribution in [0.25, 0.3) is 0 Å². The summed E-state index contributed by atoms with van der Waals surface area (Å²) in [5, 5.41) is 13.1. The molecule has 0 unspecified atom stereocenters. The second-order valence-electron chi connectivity index (χ2n) is 7.65. The number of likely N-dealkylation sites (tertiary alicyclic amines) is 1. The summed E-state index contributed by atoms with van der Waals surface area (Å²) >= 11 is 0. The van der Waals surface area contributed by atoms with E-state index in [4.69, 9.17) is 4.74 Å². The molecule has 1 aromatic rings. The molecule has 0 aromatic heterocycles. The monoisotopic (exact) mass is 374 g/mol. The fourth-order valence-electron chi connectivity index (χ4n) is 3.96. The quantitative estimate of drug-likeness (QED) is 0.849. The van der Waals surface area contributed by atoms with E-state index in [0.29, 0.717) is 0 Å². The number of aliphatic hydroxyl groups is 1. The smallest absolute Gasteiger partial charge is 0.410 e. The first-order valence-electron chi connectivity index (χ1n) is 10.1. The van der Waals surface area contributed by atoms with Crippen molar-refractivity contribution in [2.75, 3.05) is 6.54 Å². The van der Waals surface area contributed by atoms with Crippen LogP contribution in [0.1, 0.15) is 56.9 Å². The van der Waals surface area contributed by atoms with Crippen LogP contribution in [0.2, 0.25) is 0 Å². The first kappa shape index (κ1) is 19.7. The van der Waals surface area contributed by atoms with Crippen LogP contribution in [0.5, 0.6) is 0 Å². The van der Waals surface area contributed by atoms with Gasteiger partial charge in [0.25, 0.3) is 0 Å². The van der Waals surface area contributed by atoms with Crippen LogP contribution >= 0.6 is 0 Å². The van der Waals surface area contributed by atoms with E-state index in [1.54, 1.807) is 0 Å². The molecule has 6 nitrogen and oxygen atoms in total. The van der Waals surface area contributed by atoms with E-state index < -0.39 is 18.2 Å². The lowest BCUT2D eigenvalue weighted by Gasteiger charge is -2.26. The number of carbonyl (C=O) groups is 2. The third-order valence-electron chi connectivity index (χ3n) is 5.47. The van der Waals surface area contributed by atoms with Gasteiger partial charge in [0.15, 0.2) is 0 Å². The first-order valence-corrected chi connectivity index (χ1v) is 10.1. The second-order valence-corrected chi connectivity index (χ2v) is 7.65. The highest BCUT2D eigenvalue weighted by Crippen LogP contribution is 2.22. The molecule has 2 N–H and O–H groups in total. The lowest BCUT2D eigenvalue weighted by Crippen LogP contribution is -2.49. The van der Waals surface area contributed by atoms with Crippen LogP contribution < -0.4 is 5.32 Å². The molecule has 2 atom stereocenters. The minimum absolute atomic E-state index is 0.135. The van der Waals surface area contributed by atoms with Crippen LogP contribution in [-0.4, -0.2) is 46.7 Å². The molecular weight excluding hydrogens is 344 g/mol. The Morgan fingerprint density at radius 3 is 2.44 bits per heavy atom. The van der Waals surface area contributed by atoms with Crippen molar-refractivity contribution < 1.29 is 19.4 Å². The first-order chi connectivity index (χ1) is 13.1. The maximum absolute atomic E-state index is 12.8. The van der Waals surface area contributed by atoms with Gasteiger partial charge in [0, 0.05) is 12.5 Å². The third kappa shape index (κ3) is 5.70. The van der Waals surface area contributed by atoms with Gasteiger partial charge in [-0.15, -0.1) is 0 Å². The van der Waals surface area contributed by atoms with E-state index in [1.807, 2.05) is 30.3 Å². The van der Waals surface area contributed by atoms with E-state index in [1.165, 1.54) is 24.2 Å². The molecular formula is C21H30N2O4. The number of rotatable bonds is 4. The number of nitrogens with one attached hydrogen (secondary N) is 1. The number of aliphatic hydroxyl groups excluding tert-OH is 1. The Balaban J connectivity index is 1.55. The molecule has 3 rings (SSSR count). The zero-order valence-corrected chi connectivity index (χ0v) is 15.8. The summed E-state index contributed by atoms with van der Waals surface area (Å²) in [6, 6.07) is 8.93. The summed E-state index contributed by atoms with van der Waals surface area (Å²) in [5.41, 5.74) is 0.890. The Hall–Kier alpha value is -2.08. The fourth-order valence-corrected chi connectivity index (χ4v) is 3.96. The Labute approximate surface area is 160 Å². The lowest BCUT2D eigenvalue weighted by molar-refractivity contribution is -0.126. The normalized spacial score (nSPS) is 24.1. The minimum Gasteiger partial charge on any atom is -0.445 e. The summed E-state index contributed by atoms with van der Waals surface area (Å²) in [6.45, 7) is 0.291. The number of ether oxygens (including phenoxy) is 1. The highest BCUT2D eigenvalue weighted by molar-refractivity contribution is 5.86. The average molecular weight is 374 g/mol. The molecule has 27 heavy (non-hydrogen) atoms. The molecule has 2 fully saturated rings. The Morgan fingerprint density at radius 1 is 1.07 bits per heavy atom. The van der Waals surface area contributed by atoms with Crippen LogP contribution in [0.4, 0.5) is 4.79 Å². The molecule has 1 saturated heterocycles. The van der Waals surface area contributed by atoms with Gasteiger partial charge in [0.2, 0.25) is 5.91 Å². The second kappa shape index (κ2) is 9.74. The maximum atomic E-state index is 12.8. The highest BCUT2D eigenvalue weighted by Gasteiger charge is 2.40. The predicted octanol–water partition coefficient (Wildman–Crippen LogP) is 2.99. The van der Waals surface area contributed by atoms with Gasteiger partial charge >= 0.3 is 6.09 Å². The number of nitrogens with zero attached hydrogens (tertiary/aromatic N) is 1. The van der Waals surface area contributed by atoms with Gasteiger partial charge in [0.05, 0.1) is 12.6 Å². The lowest BCUT2D eigenvalue weighted by atomic mass is 9.96. The average Bonchev–Trinajstić information content (AvgIpc) is 3.05. The van der Waals surface area contributed by atoms with E-state index in [-0.39, 0.29) is 31.5 Å². The molecule has 0 radical (unpaired) electrons. The summed E-state index contributed by atoms with van der Waals surface area (Å²) < 4.78 is 5.36. The van der Waals surface area contributed by atoms with Gasteiger partial charge in [0.1, 0.15) is 12.6 Å². The van der Waals surface area contributed by atoms with Gasteiger partial charge in [-0.2, -0.15) is 0 Å². The summed E-state index contributed by atoms with van der Waals surface area (Å²) in [5.74, 6) is -0.172. The summed E-state index contributed by atoms with van der Waals surface area (Å²) in [7, 11) is 0. The molecule has 0 bridgehead atoms. The predicted molar refractivity (Wildman–Crippen MR) is 102 cm³/mol. The van der Waals surface area contributed by atoms with Crippen molar-refractivity contribution in [3.05, 3.63) is 35.9 Å². The molecule has 1 aliphatic carbocycles. The van der Waals surface area contributed by atoms with Crippen LogP contribution in [0.15, 0.2) is 30.3 Å². The van der Waals surface area contributed by atoms with Crippen molar-refractivity contribution in [2.45, 2.75) is 76.2 Å². The number of hydrogen-bond donors (Lipinski definition) is 2. The summed E-state index contributed by atoms with van der Waals surface area (Å²) in [4.78, 5) is 26.6. The standard InChI is InChI=1S/C21H30N2O4/c24-18-13-19(20(25)22-17-11-7-2-1-3-8-12-17)23(14-18)21(26)27-15-16-9-5-4-6-10-16/h4-6,9-10,17-19,24H,1-3,7-8,11-15H2,(H,22,25)/t18-,19+/m1/s1. The van der Waals surface area contributed by atoms with Crippen molar-refractivity contribution in [2.24, 2.45) is 0 Å². The number of carbonyl (C=O) groups excluding carboxylic acids is 2. The van der Waals surface area contributed by atoms with E-state index in [2.05, 4.69) is 5.32 Å². The Bertz CT molecular complexity index is 614. The number of hydrogen-bond acceptors (Lipinski definition) is 4. The van der Waals surface area contributed by atoms with Crippen molar-refractivity contribution in [3.8, 4) is 0 Å². The minimum atomic E-state index is -0.692. The fraction of sp³-hybridized carbons (Fsp3) is 0.619. The Morgan fingerprint density at radius 2 is 1.74 bits per heavy atom. The molecule has 148 valence electrons. The SMILES string of the molecule is O=C(NC1CCCCCCC1)[C@@H]1C[C@@H](O)CN1C(=O)OCc1ccccc1. The van der Waals surface area contributed by atoms with Gasteiger partial charge in [-0.25, -0.2) is 4.79 Å². The third-order valence-corrected chi connectivity index (χ3v) is 5.47. The molecule has 6 heteroatoms. The number of amides is 2. The van der Waals surface area contributed by atoms with Gasteiger partial charge in [-0.05, 0) is 18.4 Å². The van der Waals surface area contributed by atoms with E-state index in [9.17, 15) is 14.7 Å². The zero-order valence-electron chi connectivity index (χ0n) is 15.8. The Kier molecular flexibility index (Phi) is 7.10. The highest BCUT2D eigenvalue weighted by atomic mass is 16.6. The molecule has 1 heterocycles. The number of benzene rings is 1. The van der Waals surface area contributed by atoms with Crippen molar-refractivity contribution in [1.29, 1.82) is 0 Å². The van der Waals surface area contributed by atoms with Crippen LogP contribution in [0, 0.1) is 0 Å². The molecule has 1 aliphatic heterocycles. The van der Waals surface area contributed by atoms with Gasteiger partial charge in [-0.1, -0.05) is 62.4 Å². The van der Waals surface area contributed by atoms with Gasteiger partial charge < -0.3 is 15.2 Å². The van der Waals surface area contributed by atoms with Crippen LogP contribution in [0.3, 0.4) is 0 Å². The van der Waals surface area contributed by atoms with Crippen molar-refractivity contribution >= 4 is 12.0 Å². The maximum Gasteiger partial charge on any atom is 0.410 e. The molecule has 2 amide bonds. The molecule has 2 aliphatic rings. The molecule has 1 saturated carbocycles. The van der Waals surface area contributed by atoms with E-state index >= 15 is 0 Å². The van der Waals surface area contributed by atoms with Crippen molar-refractivity contribution in [1.82, 2.24) is 10.2 Å². The zero-order chi connectivity index (χ0) is 19.1. The molecule has 1 aromatic carbocycles. The molecule has 0 spiro atoms. The van der Waals surface area contributed by atoms with Crippen molar-refractivity contribution in [3.63, 3.8) is 0 Å².